The molecule has 1 amide bonds. The highest BCUT2D eigenvalue weighted by atomic mass is 16.3. The van der Waals surface area contributed by atoms with Gasteiger partial charge in [0.25, 0.3) is 5.91 Å². The molecule has 0 aromatic carbocycles. The number of furan rings is 1. The van der Waals surface area contributed by atoms with Crippen molar-refractivity contribution in [3.63, 3.8) is 0 Å². The molecule has 0 aliphatic rings. The van der Waals surface area contributed by atoms with E-state index < -0.39 is 5.91 Å². The van der Waals surface area contributed by atoms with E-state index in [1.165, 1.54) is 0 Å². The molecule has 2 heterocycles. The molecule has 0 saturated carbocycles. The summed E-state index contributed by atoms with van der Waals surface area (Å²) >= 11 is 0. The van der Waals surface area contributed by atoms with E-state index in [4.69, 9.17) is 10.2 Å². The third-order valence-corrected chi connectivity index (χ3v) is 2.91. The Balaban J connectivity index is 1.83. The van der Waals surface area contributed by atoms with Crippen molar-refractivity contribution in [2.45, 2.75) is 13.1 Å². The van der Waals surface area contributed by atoms with Gasteiger partial charge in [0, 0.05) is 33.0 Å². The molecule has 21 heavy (non-hydrogen) atoms. The molecule has 7 heteroatoms. The Kier molecular flexibility index (Phi) is 4.65. The second-order valence-corrected chi connectivity index (χ2v) is 4.59. The quantitative estimate of drug-likeness (QED) is 0.554. The Labute approximate surface area is 122 Å². The number of nitrogens with zero attached hydrogens (tertiary/aromatic N) is 2. The molecule has 0 aliphatic carbocycles. The van der Waals surface area contributed by atoms with Gasteiger partial charge in [0.05, 0.1) is 6.54 Å². The van der Waals surface area contributed by atoms with Gasteiger partial charge in [-0.15, -0.1) is 0 Å². The first-order valence-corrected chi connectivity index (χ1v) is 6.52. The lowest BCUT2D eigenvalue weighted by Gasteiger charge is -2.10. The third kappa shape index (κ3) is 4.13. The van der Waals surface area contributed by atoms with Crippen LogP contribution in [0.2, 0.25) is 0 Å². The van der Waals surface area contributed by atoms with Gasteiger partial charge in [0.15, 0.2) is 11.7 Å². The maximum Gasteiger partial charge on any atom is 0.284 e. The highest BCUT2D eigenvalue weighted by molar-refractivity contribution is 5.89. The number of rotatable bonds is 5. The predicted molar refractivity (Wildman–Crippen MR) is 79.7 cm³/mol. The fourth-order valence-electron chi connectivity index (χ4n) is 1.85. The molecule has 7 nitrogen and oxygen atoms in total. The number of nitrogens with two attached hydrogens (primary N) is 1. The van der Waals surface area contributed by atoms with Crippen molar-refractivity contribution >= 4 is 11.9 Å². The Hall–Kier alpha value is -2.70. The van der Waals surface area contributed by atoms with Crippen LogP contribution in [-0.2, 0) is 20.1 Å². The van der Waals surface area contributed by atoms with E-state index in [-0.39, 0.29) is 5.76 Å². The van der Waals surface area contributed by atoms with Crippen molar-refractivity contribution < 1.29 is 9.21 Å². The lowest BCUT2D eigenvalue weighted by Crippen LogP contribution is -2.36. The summed E-state index contributed by atoms with van der Waals surface area (Å²) in [5.74, 6) is 0.842. The molecule has 4 N–H and O–H groups in total. The smallest absolute Gasteiger partial charge is 0.284 e. The first-order valence-electron chi connectivity index (χ1n) is 6.52. The van der Waals surface area contributed by atoms with Crippen molar-refractivity contribution in [1.82, 2.24) is 15.2 Å². The minimum atomic E-state index is -0.576. The number of aliphatic imine (C=N–C) groups is 1. The maximum absolute atomic E-state index is 10.9. The molecule has 0 atom stereocenters. The first kappa shape index (κ1) is 14.7. The van der Waals surface area contributed by atoms with Gasteiger partial charge in [-0.2, -0.15) is 0 Å². The Bertz CT molecular complexity index is 641. The fourth-order valence-corrected chi connectivity index (χ4v) is 1.85. The molecule has 0 unspecified atom stereocenters. The summed E-state index contributed by atoms with van der Waals surface area (Å²) in [5.41, 5.74) is 6.29. The molecular weight excluding hydrogens is 270 g/mol. The number of nitrogens with one attached hydrogen (secondary N) is 2. The average Bonchev–Trinajstić information content (AvgIpc) is 3.08. The second-order valence-electron chi connectivity index (χ2n) is 4.59. The van der Waals surface area contributed by atoms with Gasteiger partial charge in [0.1, 0.15) is 5.76 Å². The van der Waals surface area contributed by atoms with Gasteiger partial charge in [-0.05, 0) is 23.8 Å². The van der Waals surface area contributed by atoms with Crippen LogP contribution in [0.4, 0.5) is 0 Å². The number of primary amides is 1. The SMILES string of the molecule is CN=C(NCc1ccn(C)c1)NCc1ccc(C(N)=O)o1. The van der Waals surface area contributed by atoms with Gasteiger partial charge in [-0.25, -0.2) is 0 Å². The van der Waals surface area contributed by atoms with Crippen LogP contribution in [0.15, 0.2) is 40.0 Å². The molecular formula is C14H19N5O2. The molecule has 2 rings (SSSR count). The monoisotopic (exact) mass is 289 g/mol. The number of amides is 1. The standard InChI is InChI=1S/C14H19N5O2/c1-16-14(17-7-10-5-6-19(2)9-10)18-8-11-3-4-12(21-11)13(15)20/h3-6,9H,7-8H2,1-2H3,(H2,15,20)(H2,16,17,18). The summed E-state index contributed by atoms with van der Waals surface area (Å²) in [7, 11) is 3.67. The molecule has 112 valence electrons. The summed E-state index contributed by atoms with van der Waals surface area (Å²) in [6.45, 7) is 1.09. The number of carbonyl (C=O) groups is 1. The van der Waals surface area contributed by atoms with Crippen molar-refractivity contribution in [3.8, 4) is 0 Å². The number of aromatic nitrogens is 1. The summed E-state index contributed by atoms with van der Waals surface area (Å²) in [6, 6.07) is 5.29. The molecule has 2 aromatic heterocycles. The first-order chi connectivity index (χ1) is 10.1. The maximum atomic E-state index is 10.9. The van der Waals surface area contributed by atoms with E-state index in [2.05, 4.69) is 15.6 Å². The zero-order chi connectivity index (χ0) is 15.2. The van der Waals surface area contributed by atoms with E-state index in [1.807, 2.05) is 30.1 Å². The molecule has 0 aliphatic heterocycles. The molecule has 0 radical (unpaired) electrons. The van der Waals surface area contributed by atoms with E-state index >= 15 is 0 Å². The van der Waals surface area contributed by atoms with Crippen LogP contribution in [0.1, 0.15) is 21.9 Å². The average molecular weight is 289 g/mol. The van der Waals surface area contributed by atoms with Crippen LogP contribution in [0, 0.1) is 0 Å². The van der Waals surface area contributed by atoms with E-state index in [0.717, 1.165) is 5.56 Å². The van der Waals surface area contributed by atoms with E-state index in [9.17, 15) is 4.79 Å². The third-order valence-electron chi connectivity index (χ3n) is 2.91. The largest absolute Gasteiger partial charge is 0.454 e. The van der Waals surface area contributed by atoms with Gasteiger partial charge >= 0.3 is 0 Å². The lowest BCUT2D eigenvalue weighted by atomic mass is 10.3. The minimum absolute atomic E-state index is 0.152. The highest BCUT2D eigenvalue weighted by Crippen LogP contribution is 2.06. The normalized spacial score (nSPS) is 11.4. The minimum Gasteiger partial charge on any atom is -0.454 e. The zero-order valence-electron chi connectivity index (χ0n) is 12.1. The second kappa shape index (κ2) is 6.65. The number of guanidine groups is 1. The molecule has 0 saturated heterocycles. The topological polar surface area (TPSA) is 97.6 Å². The van der Waals surface area contributed by atoms with Gasteiger partial charge < -0.3 is 25.4 Å². The highest BCUT2D eigenvalue weighted by Gasteiger charge is 2.07. The molecule has 0 bridgehead atoms. The number of aryl methyl sites for hydroxylation is 1. The van der Waals surface area contributed by atoms with Crippen LogP contribution in [0.25, 0.3) is 0 Å². The van der Waals surface area contributed by atoms with Crippen molar-refractivity contribution in [2.75, 3.05) is 7.05 Å². The van der Waals surface area contributed by atoms with Gasteiger partial charge in [-0.1, -0.05) is 0 Å². The van der Waals surface area contributed by atoms with E-state index in [0.29, 0.717) is 24.8 Å². The van der Waals surface area contributed by atoms with Gasteiger partial charge in [0.2, 0.25) is 0 Å². The molecule has 0 fully saturated rings. The summed E-state index contributed by atoms with van der Waals surface area (Å²) in [6.07, 6.45) is 4.02. The summed E-state index contributed by atoms with van der Waals surface area (Å²) in [4.78, 5) is 15.1. The summed E-state index contributed by atoms with van der Waals surface area (Å²) in [5, 5.41) is 6.29. The van der Waals surface area contributed by atoms with Crippen LogP contribution in [0.3, 0.4) is 0 Å². The number of carbonyl (C=O) groups excluding carboxylic acids is 1. The Morgan fingerprint density at radius 2 is 2.10 bits per heavy atom. The molecule has 2 aromatic rings. The lowest BCUT2D eigenvalue weighted by molar-refractivity contribution is 0.0972. The number of hydrogen-bond donors (Lipinski definition) is 3. The fraction of sp³-hybridized carbons (Fsp3) is 0.286. The van der Waals surface area contributed by atoms with E-state index in [1.54, 1.807) is 19.2 Å². The van der Waals surface area contributed by atoms with Gasteiger partial charge in [-0.3, -0.25) is 9.79 Å². The Morgan fingerprint density at radius 3 is 2.67 bits per heavy atom. The summed E-state index contributed by atoms with van der Waals surface area (Å²) < 4.78 is 7.27. The predicted octanol–water partition coefficient (Wildman–Crippen LogP) is 0.582. The molecule has 0 spiro atoms. The van der Waals surface area contributed by atoms with Crippen LogP contribution < -0.4 is 16.4 Å². The van der Waals surface area contributed by atoms with Crippen molar-refractivity contribution in [3.05, 3.63) is 47.7 Å². The van der Waals surface area contributed by atoms with Crippen molar-refractivity contribution in [1.29, 1.82) is 0 Å². The van der Waals surface area contributed by atoms with Crippen molar-refractivity contribution in [2.24, 2.45) is 17.8 Å². The van der Waals surface area contributed by atoms with Crippen LogP contribution in [-0.4, -0.2) is 23.5 Å². The van der Waals surface area contributed by atoms with Crippen LogP contribution in [0.5, 0.6) is 0 Å². The number of hydrogen-bond acceptors (Lipinski definition) is 3. The van der Waals surface area contributed by atoms with Crippen LogP contribution >= 0.6 is 0 Å². The Morgan fingerprint density at radius 1 is 1.33 bits per heavy atom. The zero-order valence-corrected chi connectivity index (χ0v) is 12.1.